The fourth-order valence-corrected chi connectivity index (χ4v) is 3.92. The highest BCUT2D eigenvalue weighted by Gasteiger charge is 2.35. The zero-order valence-electron chi connectivity index (χ0n) is 10.3. The Morgan fingerprint density at radius 1 is 1.41 bits per heavy atom. The number of halogens is 1. The number of amides is 1. The predicted octanol–water partition coefficient (Wildman–Crippen LogP) is 1.33. The molecule has 3 unspecified atom stereocenters. The fraction of sp³-hybridized carbons (Fsp3) is 0.909. The Hall–Kier alpha value is -0.290. The van der Waals surface area contributed by atoms with Gasteiger partial charge in [0.25, 0.3) is 0 Å². The Labute approximate surface area is 108 Å². The fourth-order valence-electron chi connectivity index (χ4n) is 1.84. The van der Waals surface area contributed by atoms with E-state index in [4.69, 9.17) is 11.6 Å². The summed E-state index contributed by atoms with van der Waals surface area (Å²) < 4.78 is 23.5. The molecule has 1 saturated heterocycles. The lowest BCUT2D eigenvalue weighted by Crippen LogP contribution is -2.47. The highest BCUT2D eigenvalue weighted by Crippen LogP contribution is 2.20. The second-order valence-corrected chi connectivity index (χ2v) is 7.39. The quantitative estimate of drug-likeness (QED) is 0.791. The van der Waals surface area contributed by atoms with Crippen LogP contribution in [-0.2, 0) is 14.6 Å². The van der Waals surface area contributed by atoms with E-state index in [9.17, 15) is 13.2 Å². The minimum Gasteiger partial charge on any atom is -0.352 e. The van der Waals surface area contributed by atoms with Crippen LogP contribution >= 0.6 is 11.6 Å². The van der Waals surface area contributed by atoms with Crippen LogP contribution in [0.25, 0.3) is 0 Å². The summed E-state index contributed by atoms with van der Waals surface area (Å²) in [5, 5.41) is 1.89. The van der Waals surface area contributed by atoms with Crippen LogP contribution in [0.1, 0.15) is 33.1 Å². The molecule has 1 fully saturated rings. The summed E-state index contributed by atoms with van der Waals surface area (Å²) in [5.41, 5.74) is 0. The summed E-state index contributed by atoms with van der Waals surface area (Å²) in [5.74, 6) is 0.338. The van der Waals surface area contributed by atoms with Crippen LogP contribution in [0.3, 0.4) is 0 Å². The molecule has 0 aliphatic carbocycles. The summed E-state index contributed by atoms with van der Waals surface area (Å²) in [7, 11) is -3.25. The Kier molecular flexibility index (Phi) is 5.25. The van der Waals surface area contributed by atoms with Gasteiger partial charge in [-0.05, 0) is 25.7 Å². The van der Waals surface area contributed by atoms with Gasteiger partial charge in [0.15, 0.2) is 9.84 Å². The number of carbonyl (C=O) groups excluding carboxylic acids is 1. The molecule has 1 N–H and O–H groups in total. The molecule has 1 heterocycles. The largest absolute Gasteiger partial charge is 0.352 e. The standard InChI is InChI=1S/C11H20ClNO3S/c1-8(7-12)9(2)13-11(14)10-5-3-4-6-17(10,15)16/h8-10H,3-7H2,1-2H3,(H,13,14). The van der Waals surface area contributed by atoms with Crippen molar-refractivity contribution in [3.05, 3.63) is 0 Å². The lowest BCUT2D eigenvalue weighted by molar-refractivity contribution is -0.121. The highest BCUT2D eigenvalue weighted by atomic mass is 35.5. The minimum atomic E-state index is -3.25. The number of alkyl halides is 1. The Morgan fingerprint density at radius 2 is 2.06 bits per heavy atom. The molecule has 0 bridgehead atoms. The van der Waals surface area contributed by atoms with Crippen LogP contribution in [0.2, 0.25) is 0 Å². The molecule has 1 rings (SSSR count). The van der Waals surface area contributed by atoms with Gasteiger partial charge in [-0.2, -0.15) is 0 Å². The Balaban J connectivity index is 2.63. The van der Waals surface area contributed by atoms with Gasteiger partial charge in [0.2, 0.25) is 5.91 Å². The van der Waals surface area contributed by atoms with Crippen molar-refractivity contribution in [2.75, 3.05) is 11.6 Å². The maximum Gasteiger partial charge on any atom is 0.238 e. The first-order valence-corrected chi connectivity index (χ1v) is 8.21. The Bertz CT molecular complexity index is 369. The lowest BCUT2D eigenvalue weighted by atomic mass is 10.1. The molecule has 0 aromatic rings. The molecule has 0 radical (unpaired) electrons. The van der Waals surface area contributed by atoms with Crippen LogP contribution in [0.5, 0.6) is 0 Å². The number of hydrogen-bond acceptors (Lipinski definition) is 3. The summed E-state index contributed by atoms with van der Waals surface area (Å²) >= 11 is 5.70. The number of sulfone groups is 1. The zero-order valence-corrected chi connectivity index (χ0v) is 11.9. The number of rotatable bonds is 4. The second-order valence-electron chi connectivity index (χ2n) is 4.78. The first-order chi connectivity index (χ1) is 7.88. The summed E-state index contributed by atoms with van der Waals surface area (Å²) in [4.78, 5) is 11.9. The molecule has 6 heteroatoms. The van der Waals surface area contributed by atoms with E-state index in [0.717, 1.165) is 6.42 Å². The van der Waals surface area contributed by atoms with Crippen molar-refractivity contribution in [2.45, 2.75) is 44.4 Å². The van der Waals surface area contributed by atoms with Crippen molar-refractivity contribution < 1.29 is 13.2 Å². The maximum atomic E-state index is 11.9. The van der Waals surface area contributed by atoms with E-state index in [1.54, 1.807) is 0 Å². The van der Waals surface area contributed by atoms with Gasteiger partial charge in [-0.3, -0.25) is 4.79 Å². The van der Waals surface area contributed by atoms with E-state index in [-0.39, 0.29) is 23.6 Å². The lowest BCUT2D eigenvalue weighted by Gasteiger charge is -2.25. The van der Waals surface area contributed by atoms with E-state index in [0.29, 0.717) is 18.7 Å². The molecular weight excluding hydrogens is 262 g/mol. The van der Waals surface area contributed by atoms with Crippen molar-refractivity contribution in [1.29, 1.82) is 0 Å². The molecule has 1 aliphatic heterocycles. The third kappa shape index (κ3) is 3.85. The van der Waals surface area contributed by atoms with E-state index >= 15 is 0 Å². The van der Waals surface area contributed by atoms with Gasteiger partial charge in [0, 0.05) is 11.9 Å². The summed E-state index contributed by atoms with van der Waals surface area (Å²) in [6.45, 7) is 3.77. The molecule has 0 spiro atoms. The van der Waals surface area contributed by atoms with Gasteiger partial charge in [-0.15, -0.1) is 11.6 Å². The molecule has 1 aliphatic rings. The van der Waals surface area contributed by atoms with Crippen LogP contribution in [0.15, 0.2) is 0 Å². The summed E-state index contributed by atoms with van der Waals surface area (Å²) in [6, 6.07) is -0.0999. The molecule has 3 atom stereocenters. The SMILES string of the molecule is CC(CCl)C(C)NC(=O)C1CCCCS1(=O)=O. The topological polar surface area (TPSA) is 63.2 Å². The van der Waals surface area contributed by atoms with Gasteiger partial charge in [0.1, 0.15) is 5.25 Å². The molecule has 4 nitrogen and oxygen atoms in total. The van der Waals surface area contributed by atoms with Crippen molar-refractivity contribution in [3.8, 4) is 0 Å². The molecule has 100 valence electrons. The van der Waals surface area contributed by atoms with E-state index in [1.807, 2.05) is 13.8 Å². The summed E-state index contributed by atoms with van der Waals surface area (Å²) in [6.07, 6.45) is 1.91. The number of carbonyl (C=O) groups is 1. The van der Waals surface area contributed by atoms with Gasteiger partial charge in [-0.25, -0.2) is 8.42 Å². The zero-order chi connectivity index (χ0) is 13.1. The van der Waals surface area contributed by atoms with Crippen LogP contribution in [-0.4, -0.2) is 37.2 Å². The van der Waals surface area contributed by atoms with Crippen LogP contribution in [0.4, 0.5) is 0 Å². The van der Waals surface area contributed by atoms with Crippen LogP contribution < -0.4 is 5.32 Å². The molecule has 0 aromatic carbocycles. The normalized spacial score (nSPS) is 27.1. The van der Waals surface area contributed by atoms with E-state index in [2.05, 4.69) is 5.32 Å². The van der Waals surface area contributed by atoms with Gasteiger partial charge >= 0.3 is 0 Å². The van der Waals surface area contributed by atoms with Crippen molar-refractivity contribution in [1.82, 2.24) is 5.32 Å². The smallest absolute Gasteiger partial charge is 0.238 e. The average Bonchev–Trinajstić information content (AvgIpc) is 2.26. The van der Waals surface area contributed by atoms with Crippen molar-refractivity contribution in [3.63, 3.8) is 0 Å². The molecule has 0 aromatic heterocycles. The van der Waals surface area contributed by atoms with Gasteiger partial charge < -0.3 is 5.32 Å². The van der Waals surface area contributed by atoms with Crippen molar-refractivity contribution in [2.24, 2.45) is 5.92 Å². The highest BCUT2D eigenvalue weighted by molar-refractivity contribution is 7.92. The molecule has 17 heavy (non-hydrogen) atoms. The average molecular weight is 282 g/mol. The molecule has 0 saturated carbocycles. The monoisotopic (exact) mass is 281 g/mol. The first kappa shape index (κ1) is 14.8. The third-order valence-corrected chi connectivity index (χ3v) is 6.00. The first-order valence-electron chi connectivity index (χ1n) is 5.96. The van der Waals surface area contributed by atoms with Gasteiger partial charge in [-0.1, -0.05) is 13.3 Å². The molecular formula is C11H20ClNO3S. The number of hydrogen-bond donors (Lipinski definition) is 1. The third-order valence-electron chi connectivity index (χ3n) is 3.34. The molecule has 1 amide bonds. The second kappa shape index (κ2) is 6.05. The van der Waals surface area contributed by atoms with Crippen molar-refractivity contribution >= 4 is 27.3 Å². The minimum absolute atomic E-state index is 0.0999. The number of nitrogens with one attached hydrogen (secondary N) is 1. The van der Waals surface area contributed by atoms with E-state index in [1.165, 1.54) is 0 Å². The Morgan fingerprint density at radius 3 is 2.59 bits per heavy atom. The maximum absolute atomic E-state index is 11.9. The predicted molar refractivity (Wildman–Crippen MR) is 68.9 cm³/mol. The van der Waals surface area contributed by atoms with Gasteiger partial charge in [0.05, 0.1) is 5.75 Å². The van der Waals surface area contributed by atoms with E-state index < -0.39 is 15.1 Å². The van der Waals surface area contributed by atoms with Crippen LogP contribution in [0, 0.1) is 5.92 Å².